The Morgan fingerprint density at radius 2 is 1.66 bits per heavy atom. The molecule has 0 saturated heterocycles. The van der Waals surface area contributed by atoms with Gasteiger partial charge in [-0.05, 0) is 44.6 Å². The van der Waals surface area contributed by atoms with Crippen molar-refractivity contribution in [2.24, 2.45) is 11.8 Å². The van der Waals surface area contributed by atoms with Crippen molar-refractivity contribution in [3.05, 3.63) is 42.0 Å². The van der Waals surface area contributed by atoms with Crippen molar-refractivity contribution in [2.75, 3.05) is 5.73 Å². The topological polar surface area (TPSA) is 77.2 Å². The van der Waals surface area contributed by atoms with Crippen LogP contribution in [0.1, 0.15) is 101 Å². The van der Waals surface area contributed by atoms with Gasteiger partial charge in [0.2, 0.25) is 0 Å². The van der Waals surface area contributed by atoms with Gasteiger partial charge in [-0.1, -0.05) is 59.2 Å². The molecule has 0 aliphatic heterocycles. The van der Waals surface area contributed by atoms with Crippen LogP contribution in [0, 0.1) is 11.8 Å². The van der Waals surface area contributed by atoms with Crippen molar-refractivity contribution < 1.29 is 14.4 Å². The summed E-state index contributed by atoms with van der Waals surface area (Å²) in [5.74, 6) is 1.26. The summed E-state index contributed by atoms with van der Waals surface area (Å²) in [5, 5.41) is 0. The van der Waals surface area contributed by atoms with E-state index in [1.54, 1.807) is 18.2 Å². The third kappa shape index (κ3) is 11.4. The molecule has 0 aliphatic rings. The highest BCUT2D eigenvalue weighted by Gasteiger charge is 2.14. The largest absolute Gasteiger partial charge is 0.398 e. The molecule has 0 spiro atoms. The van der Waals surface area contributed by atoms with E-state index >= 15 is 0 Å². The van der Waals surface area contributed by atoms with Crippen LogP contribution in [0.3, 0.4) is 0 Å². The number of carbonyl (C=O) groups excluding carboxylic acids is 3. The number of nitrogen functional groups attached to an aromatic ring is 1. The average Bonchev–Trinajstić information content (AvgIpc) is 2.69. The number of allylic oxidation sites excluding steroid dienone is 1. The minimum atomic E-state index is -0.177. The van der Waals surface area contributed by atoms with E-state index in [1.165, 1.54) is 20.3 Å². The molecule has 4 nitrogen and oxygen atoms in total. The Hall–Kier alpha value is -2.23. The van der Waals surface area contributed by atoms with E-state index in [0.29, 0.717) is 34.4 Å². The number of hydrogen-bond acceptors (Lipinski definition) is 4. The number of carbonyl (C=O) groups is 3. The van der Waals surface area contributed by atoms with E-state index in [9.17, 15) is 14.4 Å². The Kier molecular flexibility index (Phi) is 16.7. The molecule has 2 atom stereocenters. The third-order valence-electron chi connectivity index (χ3n) is 4.79. The van der Waals surface area contributed by atoms with Crippen LogP contribution in [0.25, 0.3) is 0 Å². The van der Waals surface area contributed by atoms with Crippen LogP contribution in [0.2, 0.25) is 0 Å². The molecule has 1 aromatic carbocycles. The maximum absolute atomic E-state index is 11.3. The van der Waals surface area contributed by atoms with Crippen LogP contribution in [0.5, 0.6) is 0 Å². The van der Waals surface area contributed by atoms with Crippen molar-refractivity contribution in [3.8, 4) is 0 Å². The summed E-state index contributed by atoms with van der Waals surface area (Å²) in [6, 6.07) is 4.89. The van der Waals surface area contributed by atoms with Crippen LogP contribution in [0.15, 0.2) is 30.9 Å². The molecule has 0 fully saturated rings. The number of nitrogens with two attached hydrogens (primary N) is 1. The summed E-state index contributed by atoms with van der Waals surface area (Å²) in [6.07, 6.45) is 6.60. The quantitative estimate of drug-likeness (QED) is 0.268. The highest BCUT2D eigenvalue weighted by molar-refractivity contribution is 6.10. The fourth-order valence-electron chi connectivity index (χ4n) is 2.93. The molecule has 0 radical (unpaired) electrons. The Bertz CT molecular complexity index is 649. The molecule has 2 N–H and O–H groups in total. The molecule has 1 rings (SSSR count). The fraction of sp³-hybridized carbons (Fsp3) is 0.560. The second-order valence-corrected chi connectivity index (χ2v) is 6.99. The van der Waals surface area contributed by atoms with Gasteiger partial charge in [0.1, 0.15) is 5.78 Å². The summed E-state index contributed by atoms with van der Waals surface area (Å²) >= 11 is 0. The lowest BCUT2D eigenvalue weighted by atomic mass is 9.87. The summed E-state index contributed by atoms with van der Waals surface area (Å²) in [7, 11) is 0. The molecule has 0 bridgehead atoms. The number of Topliss-reactive ketones (excluding diaryl/α,β-unsaturated/α-hetero) is 3. The molecule has 1 aromatic rings. The normalized spacial score (nSPS) is 11.7. The molecule has 2 unspecified atom stereocenters. The minimum Gasteiger partial charge on any atom is -0.398 e. The lowest BCUT2D eigenvalue weighted by molar-refractivity contribution is -0.119. The number of ketones is 3. The van der Waals surface area contributed by atoms with E-state index < -0.39 is 0 Å². The lowest BCUT2D eigenvalue weighted by Crippen LogP contribution is -2.10. The van der Waals surface area contributed by atoms with Crippen molar-refractivity contribution >= 4 is 23.0 Å². The van der Waals surface area contributed by atoms with Crippen molar-refractivity contribution in [1.82, 2.24) is 0 Å². The first-order valence-electron chi connectivity index (χ1n) is 10.7. The van der Waals surface area contributed by atoms with Gasteiger partial charge in [-0.2, -0.15) is 0 Å². The van der Waals surface area contributed by atoms with Crippen molar-refractivity contribution in [2.45, 2.75) is 80.6 Å². The third-order valence-corrected chi connectivity index (χ3v) is 4.79. The summed E-state index contributed by atoms with van der Waals surface area (Å²) in [4.78, 5) is 33.6. The average molecular weight is 404 g/mol. The number of anilines is 1. The Morgan fingerprint density at radius 1 is 1.07 bits per heavy atom. The van der Waals surface area contributed by atoms with E-state index in [4.69, 9.17) is 5.73 Å². The summed E-state index contributed by atoms with van der Waals surface area (Å²) in [6.45, 7) is 17.1. The van der Waals surface area contributed by atoms with Crippen LogP contribution < -0.4 is 5.73 Å². The molecule has 0 saturated carbocycles. The lowest BCUT2D eigenvalue weighted by Gasteiger charge is -2.18. The van der Waals surface area contributed by atoms with Gasteiger partial charge in [-0.15, -0.1) is 6.58 Å². The zero-order chi connectivity index (χ0) is 23.0. The van der Waals surface area contributed by atoms with Crippen LogP contribution >= 0.6 is 0 Å². The highest BCUT2D eigenvalue weighted by atomic mass is 16.1. The number of hydrogen-bond donors (Lipinski definition) is 1. The zero-order valence-electron chi connectivity index (χ0n) is 19.5. The zero-order valence-corrected chi connectivity index (χ0v) is 19.5. The summed E-state index contributed by atoms with van der Waals surface area (Å²) < 4.78 is 0. The molecule has 4 heteroatoms. The van der Waals surface area contributed by atoms with E-state index in [2.05, 4.69) is 27.4 Å². The van der Waals surface area contributed by atoms with E-state index in [1.807, 2.05) is 19.9 Å². The number of rotatable bonds is 10. The minimum absolute atomic E-state index is 0.141. The van der Waals surface area contributed by atoms with Gasteiger partial charge in [0, 0.05) is 24.1 Å². The highest BCUT2D eigenvalue weighted by Crippen LogP contribution is 2.22. The number of benzene rings is 1. The molecule has 29 heavy (non-hydrogen) atoms. The molecular weight excluding hydrogens is 362 g/mol. The van der Waals surface area contributed by atoms with Crippen molar-refractivity contribution in [1.29, 1.82) is 0 Å². The Morgan fingerprint density at radius 3 is 2.03 bits per heavy atom. The smallest absolute Gasteiger partial charge is 0.162 e. The second kappa shape index (κ2) is 16.7. The van der Waals surface area contributed by atoms with Crippen LogP contribution in [0.4, 0.5) is 5.69 Å². The molecule has 0 aliphatic carbocycles. The molecular formula is C25H41NO3. The van der Waals surface area contributed by atoms with Gasteiger partial charge in [0.05, 0.1) is 5.56 Å². The molecule has 0 amide bonds. The first-order valence-corrected chi connectivity index (χ1v) is 10.7. The van der Waals surface area contributed by atoms with Crippen LogP contribution in [-0.4, -0.2) is 17.3 Å². The van der Waals surface area contributed by atoms with E-state index in [0.717, 1.165) is 25.7 Å². The van der Waals surface area contributed by atoms with Gasteiger partial charge in [0.25, 0.3) is 0 Å². The summed E-state index contributed by atoms with van der Waals surface area (Å²) in [5.41, 5.74) is 6.67. The van der Waals surface area contributed by atoms with Gasteiger partial charge in [-0.3, -0.25) is 14.4 Å². The van der Waals surface area contributed by atoms with E-state index in [-0.39, 0.29) is 11.6 Å². The van der Waals surface area contributed by atoms with Crippen LogP contribution in [-0.2, 0) is 4.79 Å². The van der Waals surface area contributed by atoms with Crippen molar-refractivity contribution in [3.63, 3.8) is 0 Å². The Balaban J connectivity index is 0. The standard InChI is InChI=1S/C13H24O.C10H11NO2.C2H6/c1-5-8-13(14)10-9-12(7-3)11(4)6-2;1-6(12)8-4-3-5-9(11)10(8)7(2)13;1-2/h7,11-12H,3,5-6,8-10H2,1-2,4H3;3-5H,11H2,1-2H3;1-2H3. The Labute approximate surface area is 178 Å². The monoisotopic (exact) mass is 403 g/mol. The first kappa shape index (κ1) is 29.0. The molecule has 164 valence electrons. The predicted molar refractivity (Wildman–Crippen MR) is 125 cm³/mol. The second-order valence-electron chi connectivity index (χ2n) is 6.99. The van der Waals surface area contributed by atoms with Gasteiger partial charge >= 0.3 is 0 Å². The maximum Gasteiger partial charge on any atom is 0.162 e. The predicted octanol–water partition coefficient (Wildman–Crippen LogP) is 6.68. The van der Waals surface area contributed by atoms with Gasteiger partial charge in [-0.25, -0.2) is 0 Å². The maximum atomic E-state index is 11.3. The molecule has 0 heterocycles. The van der Waals surface area contributed by atoms with Gasteiger partial charge < -0.3 is 5.73 Å². The SMILES string of the molecule is C=CC(CCC(=O)CCC)C(C)CC.CC.CC(=O)c1cccc(N)c1C(C)=O. The fourth-order valence-corrected chi connectivity index (χ4v) is 2.93. The molecule has 0 aromatic heterocycles. The first-order chi connectivity index (χ1) is 13.7. The van der Waals surface area contributed by atoms with Gasteiger partial charge in [0.15, 0.2) is 11.6 Å².